The number of rotatable bonds is 7. The van der Waals surface area contributed by atoms with Crippen molar-refractivity contribution in [1.29, 1.82) is 0 Å². The molecule has 1 amide bonds. The summed E-state index contributed by atoms with van der Waals surface area (Å²) in [4.78, 5) is 28.1. The van der Waals surface area contributed by atoms with E-state index in [0.717, 1.165) is 60.0 Å². The topological polar surface area (TPSA) is 93.4 Å². The number of ether oxygens (including phenoxy) is 1. The largest absolute Gasteiger partial charge is 0.497 e. The molecule has 1 atom stereocenters. The Kier molecular flexibility index (Phi) is 6.34. The SMILES string of the molecule is COc1ccc2oc(N3CCCC(CC(=O)NCCc4nc(C)cc(C)n4)C3)nc2c1. The van der Waals surface area contributed by atoms with Crippen molar-refractivity contribution in [2.45, 2.75) is 39.5 Å². The van der Waals surface area contributed by atoms with Crippen molar-refractivity contribution in [3.8, 4) is 5.75 Å². The van der Waals surface area contributed by atoms with Gasteiger partial charge in [0.2, 0.25) is 5.91 Å². The number of carbonyl (C=O) groups excluding carboxylic acids is 1. The first-order valence-corrected chi connectivity index (χ1v) is 10.8. The molecule has 8 heteroatoms. The van der Waals surface area contributed by atoms with Crippen molar-refractivity contribution in [2.24, 2.45) is 5.92 Å². The molecule has 1 aromatic carbocycles. The zero-order chi connectivity index (χ0) is 21.8. The van der Waals surface area contributed by atoms with Gasteiger partial charge in [-0.1, -0.05) is 0 Å². The van der Waals surface area contributed by atoms with Crippen LogP contribution >= 0.6 is 0 Å². The van der Waals surface area contributed by atoms with Gasteiger partial charge in [0.05, 0.1) is 7.11 Å². The molecular formula is C23H29N5O3. The molecule has 0 bridgehead atoms. The number of carbonyl (C=O) groups is 1. The van der Waals surface area contributed by atoms with Crippen LogP contribution in [-0.4, -0.2) is 47.6 Å². The molecule has 1 fully saturated rings. The summed E-state index contributed by atoms with van der Waals surface area (Å²) in [5.74, 6) is 1.87. The summed E-state index contributed by atoms with van der Waals surface area (Å²) in [6.45, 7) is 6.10. The highest BCUT2D eigenvalue weighted by Crippen LogP contribution is 2.29. The number of amides is 1. The molecule has 4 rings (SSSR count). The summed E-state index contributed by atoms with van der Waals surface area (Å²) >= 11 is 0. The number of methoxy groups -OCH3 is 1. The Balaban J connectivity index is 1.29. The van der Waals surface area contributed by atoms with Crippen LogP contribution in [0.5, 0.6) is 5.75 Å². The van der Waals surface area contributed by atoms with Gasteiger partial charge in [0, 0.05) is 49.9 Å². The van der Waals surface area contributed by atoms with E-state index >= 15 is 0 Å². The molecule has 0 spiro atoms. The zero-order valence-corrected chi connectivity index (χ0v) is 18.4. The minimum Gasteiger partial charge on any atom is -0.497 e. The second kappa shape index (κ2) is 9.32. The van der Waals surface area contributed by atoms with E-state index in [4.69, 9.17) is 9.15 Å². The van der Waals surface area contributed by atoms with Crippen molar-refractivity contribution in [3.63, 3.8) is 0 Å². The number of aromatic nitrogens is 3. The lowest BCUT2D eigenvalue weighted by Gasteiger charge is -2.31. The van der Waals surface area contributed by atoms with E-state index in [2.05, 4.69) is 25.2 Å². The fourth-order valence-corrected chi connectivity index (χ4v) is 4.12. The quantitative estimate of drug-likeness (QED) is 0.624. The first-order chi connectivity index (χ1) is 15.0. The predicted molar refractivity (Wildman–Crippen MR) is 118 cm³/mol. The van der Waals surface area contributed by atoms with E-state index in [-0.39, 0.29) is 11.8 Å². The number of hydrogen-bond donors (Lipinski definition) is 1. The Labute approximate surface area is 182 Å². The number of oxazole rings is 1. The Morgan fingerprint density at radius 3 is 2.81 bits per heavy atom. The first kappa shape index (κ1) is 21.1. The number of aryl methyl sites for hydroxylation is 2. The lowest BCUT2D eigenvalue weighted by molar-refractivity contribution is -0.122. The Bertz CT molecular complexity index is 1040. The van der Waals surface area contributed by atoms with Gasteiger partial charge in [-0.15, -0.1) is 0 Å². The van der Waals surface area contributed by atoms with Gasteiger partial charge in [-0.05, 0) is 50.8 Å². The molecule has 1 N–H and O–H groups in total. The number of piperidine rings is 1. The molecule has 1 aliphatic rings. The van der Waals surface area contributed by atoms with Crippen LogP contribution in [0.3, 0.4) is 0 Å². The fourth-order valence-electron chi connectivity index (χ4n) is 4.12. The highest BCUT2D eigenvalue weighted by molar-refractivity contribution is 5.77. The third-order valence-electron chi connectivity index (χ3n) is 5.55. The monoisotopic (exact) mass is 423 g/mol. The van der Waals surface area contributed by atoms with E-state index in [0.29, 0.717) is 25.4 Å². The van der Waals surface area contributed by atoms with E-state index in [1.807, 2.05) is 38.1 Å². The van der Waals surface area contributed by atoms with Gasteiger partial charge in [-0.25, -0.2) is 9.97 Å². The number of nitrogens with zero attached hydrogens (tertiary/aromatic N) is 4. The lowest BCUT2D eigenvalue weighted by Crippen LogP contribution is -2.38. The number of benzene rings is 1. The molecule has 0 radical (unpaired) electrons. The molecule has 0 aliphatic carbocycles. The van der Waals surface area contributed by atoms with Crippen LogP contribution in [0.25, 0.3) is 11.1 Å². The molecular weight excluding hydrogens is 394 g/mol. The second-order valence-corrected chi connectivity index (χ2v) is 8.16. The molecule has 1 unspecified atom stereocenters. The maximum Gasteiger partial charge on any atom is 0.298 e. The lowest BCUT2D eigenvalue weighted by atomic mass is 9.94. The first-order valence-electron chi connectivity index (χ1n) is 10.8. The smallest absolute Gasteiger partial charge is 0.298 e. The predicted octanol–water partition coefficient (Wildman–Crippen LogP) is 3.21. The van der Waals surface area contributed by atoms with Crippen molar-refractivity contribution in [2.75, 3.05) is 31.6 Å². The van der Waals surface area contributed by atoms with Crippen LogP contribution in [0.1, 0.15) is 36.5 Å². The molecule has 2 aromatic heterocycles. The summed E-state index contributed by atoms with van der Waals surface area (Å²) in [5.41, 5.74) is 3.43. The molecule has 8 nitrogen and oxygen atoms in total. The van der Waals surface area contributed by atoms with Crippen LogP contribution < -0.4 is 15.0 Å². The maximum absolute atomic E-state index is 12.5. The van der Waals surface area contributed by atoms with Gasteiger partial charge in [-0.3, -0.25) is 4.79 Å². The van der Waals surface area contributed by atoms with Crippen LogP contribution in [0.2, 0.25) is 0 Å². The molecule has 1 saturated heterocycles. The third-order valence-corrected chi connectivity index (χ3v) is 5.55. The number of fused-ring (bicyclic) bond motifs is 1. The summed E-state index contributed by atoms with van der Waals surface area (Å²) in [5, 5.41) is 3.02. The Morgan fingerprint density at radius 1 is 1.23 bits per heavy atom. The van der Waals surface area contributed by atoms with Crippen molar-refractivity contribution < 1.29 is 13.9 Å². The van der Waals surface area contributed by atoms with Crippen LogP contribution in [-0.2, 0) is 11.2 Å². The van der Waals surface area contributed by atoms with Gasteiger partial charge in [0.1, 0.15) is 17.1 Å². The zero-order valence-electron chi connectivity index (χ0n) is 18.4. The van der Waals surface area contributed by atoms with Crippen molar-refractivity contribution in [1.82, 2.24) is 20.3 Å². The summed E-state index contributed by atoms with van der Waals surface area (Å²) in [6.07, 6.45) is 3.17. The van der Waals surface area contributed by atoms with Gasteiger partial charge >= 0.3 is 0 Å². The fraction of sp³-hybridized carbons (Fsp3) is 0.478. The minimum absolute atomic E-state index is 0.0681. The highest BCUT2D eigenvalue weighted by Gasteiger charge is 2.25. The van der Waals surface area contributed by atoms with E-state index in [1.165, 1.54) is 0 Å². The van der Waals surface area contributed by atoms with E-state index in [1.54, 1.807) is 7.11 Å². The van der Waals surface area contributed by atoms with Crippen molar-refractivity contribution in [3.05, 3.63) is 41.5 Å². The Morgan fingerprint density at radius 2 is 2.03 bits per heavy atom. The van der Waals surface area contributed by atoms with E-state index in [9.17, 15) is 4.79 Å². The van der Waals surface area contributed by atoms with Crippen LogP contribution in [0, 0.1) is 19.8 Å². The standard InChI is InChI=1S/C23H29N5O3/c1-15-11-16(2)26-21(25-15)8-9-24-22(29)12-17-5-4-10-28(14-17)23-27-19-13-18(30-3)6-7-20(19)31-23/h6-7,11,13,17H,4-5,8-10,12,14H2,1-3H3,(H,24,29). The third kappa shape index (κ3) is 5.31. The molecule has 3 aromatic rings. The van der Waals surface area contributed by atoms with Crippen LogP contribution in [0.4, 0.5) is 6.01 Å². The number of hydrogen-bond acceptors (Lipinski definition) is 7. The van der Waals surface area contributed by atoms with Gasteiger partial charge in [0.25, 0.3) is 6.01 Å². The molecule has 31 heavy (non-hydrogen) atoms. The van der Waals surface area contributed by atoms with Gasteiger partial charge in [-0.2, -0.15) is 4.98 Å². The number of anilines is 1. The van der Waals surface area contributed by atoms with E-state index < -0.39 is 0 Å². The maximum atomic E-state index is 12.5. The van der Waals surface area contributed by atoms with Crippen LogP contribution in [0.15, 0.2) is 28.7 Å². The number of nitrogens with one attached hydrogen (secondary N) is 1. The second-order valence-electron chi connectivity index (χ2n) is 8.16. The average molecular weight is 424 g/mol. The summed E-state index contributed by atoms with van der Waals surface area (Å²) < 4.78 is 11.2. The molecule has 0 saturated carbocycles. The van der Waals surface area contributed by atoms with Gasteiger partial charge in [0.15, 0.2) is 5.58 Å². The highest BCUT2D eigenvalue weighted by atomic mass is 16.5. The Hall–Kier alpha value is -3.16. The molecule has 164 valence electrons. The molecule has 1 aliphatic heterocycles. The normalized spacial score (nSPS) is 16.5. The average Bonchev–Trinajstić information content (AvgIpc) is 3.16. The molecule has 3 heterocycles. The summed E-state index contributed by atoms with van der Waals surface area (Å²) in [6, 6.07) is 8.17. The summed E-state index contributed by atoms with van der Waals surface area (Å²) in [7, 11) is 1.64. The minimum atomic E-state index is 0.0681. The van der Waals surface area contributed by atoms with Crippen molar-refractivity contribution >= 4 is 23.0 Å². The van der Waals surface area contributed by atoms with Gasteiger partial charge < -0.3 is 19.4 Å².